The van der Waals surface area contributed by atoms with Crippen molar-refractivity contribution in [3.63, 3.8) is 0 Å². The van der Waals surface area contributed by atoms with Crippen molar-refractivity contribution in [3.8, 4) is 0 Å². The molecule has 0 aromatic heterocycles. The third-order valence-electron chi connectivity index (χ3n) is 11.3. The molecule has 0 rings (SSSR count). The molecule has 0 saturated carbocycles. The molecular formula is C48H95NO4. The minimum absolute atomic E-state index is 0.0189. The highest BCUT2D eigenvalue weighted by Crippen LogP contribution is 2.17. The first kappa shape index (κ1) is 52.1. The van der Waals surface area contributed by atoms with Crippen molar-refractivity contribution in [3.05, 3.63) is 12.2 Å². The highest BCUT2D eigenvalue weighted by molar-refractivity contribution is 5.76. The lowest BCUT2D eigenvalue weighted by molar-refractivity contribution is -0.124. The zero-order valence-corrected chi connectivity index (χ0v) is 35.9. The lowest BCUT2D eigenvalue weighted by Crippen LogP contribution is -2.45. The van der Waals surface area contributed by atoms with E-state index >= 15 is 0 Å². The van der Waals surface area contributed by atoms with Crippen LogP contribution in [0.5, 0.6) is 0 Å². The molecule has 4 N–H and O–H groups in total. The Bertz CT molecular complexity index is 743. The number of nitrogens with one attached hydrogen (secondary N) is 1. The van der Waals surface area contributed by atoms with Crippen molar-refractivity contribution in [2.24, 2.45) is 0 Å². The maximum Gasteiger partial charge on any atom is 0.222 e. The van der Waals surface area contributed by atoms with E-state index in [2.05, 4.69) is 19.2 Å². The number of rotatable bonds is 44. The van der Waals surface area contributed by atoms with E-state index in [0.717, 1.165) is 25.7 Å². The molecule has 316 valence electrons. The van der Waals surface area contributed by atoms with Crippen LogP contribution < -0.4 is 5.32 Å². The second-order valence-corrected chi connectivity index (χ2v) is 16.7. The number of amides is 1. The molecule has 3 atom stereocenters. The van der Waals surface area contributed by atoms with Gasteiger partial charge in [0.25, 0.3) is 0 Å². The van der Waals surface area contributed by atoms with Gasteiger partial charge >= 0.3 is 0 Å². The van der Waals surface area contributed by atoms with Gasteiger partial charge in [-0.3, -0.25) is 4.79 Å². The van der Waals surface area contributed by atoms with Crippen LogP contribution in [-0.2, 0) is 4.79 Å². The van der Waals surface area contributed by atoms with Crippen molar-refractivity contribution in [2.45, 2.75) is 283 Å². The SMILES string of the molecule is CCCCCCCCCCCCC/C=C/[C@@H](O)[C@H](CO)NC(=O)C[C@H](O)CCCCCCCCCCCCCCCCCCCCCCCCCCC. The zero-order chi connectivity index (χ0) is 38.7. The van der Waals surface area contributed by atoms with E-state index < -0.39 is 18.2 Å². The van der Waals surface area contributed by atoms with Gasteiger partial charge in [-0.25, -0.2) is 0 Å². The highest BCUT2D eigenvalue weighted by Gasteiger charge is 2.20. The summed E-state index contributed by atoms with van der Waals surface area (Å²) in [5.41, 5.74) is 0. The first-order chi connectivity index (χ1) is 26.0. The molecule has 0 aliphatic heterocycles. The van der Waals surface area contributed by atoms with Gasteiger partial charge in [0.15, 0.2) is 0 Å². The predicted octanol–water partition coefficient (Wildman–Crippen LogP) is 14.0. The van der Waals surface area contributed by atoms with Crippen LogP contribution in [0.2, 0.25) is 0 Å². The summed E-state index contributed by atoms with van der Waals surface area (Å²) in [4.78, 5) is 12.4. The first-order valence-electron chi connectivity index (χ1n) is 24.0. The number of aliphatic hydroxyl groups is 3. The fraction of sp³-hybridized carbons (Fsp3) is 0.938. The summed E-state index contributed by atoms with van der Waals surface area (Å²) in [6.45, 7) is 4.23. The molecule has 5 nitrogen and oxygen atoms in total. The second kappa shape index (κ2) is 43.8. The van der Waals surface area contributed by atoms with E-state index in [1.165, 1.54) is 212 Å². The molecule has 53 heavy (non-hydrogen) atoms. The third kappa shape index (κ3) is 40.6. The fourth-order valence-corrected chi connectivity index (χ4v) is 7.64. The van der Waals surface area contributed by atoms with Gasteiger partial charge in [0.05, 0.1) is 31.3 Å². The predicted molar refractivity (Wildman–Crippen MR) is 232 cm³/mol. The van der Waals surface area contributed by atoms with Crippen molar-refractivity contribution in [1.82, 2.24) is 5.32 Å². The molecule has 0 aliphatic rings. The van der Waals surface area contributed by atoms with Crippen LogP contribution in [0, 0.1) is 0 Å². The van der Waals surface area contributed by atoms with Gasteiger partial charge < -0.3 is 20.6 Å². The fourth-order valence-electron chi connectivity index (χ4n) is 7.64. The highest BCUT2D eigenvalue weighted by atomic mass is 16.3. The molecule has 5 heteroatoms. The minimum Gasteiger partial charge on any atom is -0.394 e. The quantitative estimate of drug-likeness (QED) is 0.0369. The minimum atomic E-state index is -0.924. The number of carbonyl (C=O) groups is 1. The topological polar surface area (TPSA) is 89.8 Å². The molecule has 0 unspecified atom stereocenters. The maximum atomic E-state index is 12.4. The number of hydrogen-bond acceptors (Lipinski definition) is 4. The Hall–Kier alpha value is -0.910. The van der Waals surface area contributed by atoms with E-state index in [1.54, 1.807) is 6.08 Å². The van der Waals surface area contributed by atoms with Crippen LogP contribution in [0.1, 0.15) is 264 Å². The van der Waals surface area contributed by atoms with Crippen LogP contribution in [0.4, 0.5) is 0 Å². The molecule has 0 radical (unpaired) electrons. The molecule has 0 spiro atoms. The first-order valence-corrected chi connectivity index (χ1v) is 24.0. The Morgan fingerprint density at radius 1 is 0.472 bits per heavy atom. The average Bonchev–Trinajstić information content (AvgIpc) is 3.15. The summed E-state index contributed by atoms with van der Waals surface area (Å²) in [6.07, 6.45) is 52.3. The summed E-state index contributed by atoms with van der Waals surface area (Å²) < 4.78 is 0. The van der Waals surface area contributed by atoms with Gasteiger partial charge in [0.2, 0.25) is 5.91 Å². The number of aliphatic hydroxyl groups excluding tert-OH is 3. The lowest BCUT2D eigenvalue weighted by atomic mass is 10.0. The standard InChI is InChI=1S/C48H95NO4/c1-3-5-7-9-11-13-15-17-18-19-20-21-22-23-24-25-26-27-28-30-31-33-35-37-39-41-45(51)43-48(53)49-46(44-50)47(52)42-40-38-36-34-32-29-16-14-12-10-8-6-4-2/h40,42,45-47,50-52H,3-39,41,43-44H2,1-2H3,(H,49,53)/b42-40+/t45-,46+,47-/m1/s1. The number of hydrogen-bond donors (Lipinski definition) is 4. The largest absolute Gasteiger partial charge is 0.394 e. The average molecular weight is 750 g/mol. The van der Waals surface area contributed by atoms with Crippen LogP contribution in [-0.4, -0.2) is 46.1 Å². The van der Waals surface area contributed by atoms with Crippen LogP contribution in [0.25, 0.3) is 0 Å². The maximum absolute atomic E-state index is 12.4. The van der Waals surface area contributed by atoms with Crippen molar-refractivity contribution < 1.29 is 20.1 Å². The van der Waals surface area contributed by atoms with Crippen molar-refractivity contribution in [1.29, 1.82) is 0 Å². The summed E-state index contributed by atoms with van der Waals surface area (Å²) in [7, 11) is 0. The van der Waals surface area contributed by atoms with Gasteiger partial charge in [-0.05, 0) is 19.3 Å². The smallest absolute Gasteiger partial charge is 0.222 e. The lowest BCUT2D eigenvalue weighted by Gasteiger charge is -2.21. The summed E-state index contributed by atoms with van der Waals surface area (Å²) >= 11 is 0. The summed E-state index contributed by atoms with van der Waals surface area (Å²) in [5, 5.41) is 33.2. The number of unbranched alkanes of at least 4 members (excludes halogenated alkanes) is 35. The second-order valence-electron chi connectivity index (χ2n) is 16.7. The van der Waals surface area contributed by atoms with Gasteiger partial charge in [0.1, 0.15) is 0 Å². The normalized spacial score (nSPS) is 13.5. The van der Waals surface area contributed by atoms with Gasteiger partial charge in [-0.2, -0.15) is 0 Å². The molecule has 1 amide bonds. The van der Waals surface area contributed by atoms with Crippen molar-refractivity contribution in [2.75, 3.05) is 6.61 Å². The van der Waals surface area contributed by atoms with E-state index in [-0.39, 0.29) is 18.9 Å². The molecular weight excluding hydrogens is 655 g/mol. The van der Waals surface area contributed by atoms with Crippen LogP contribution in [0.15, 0.2) is 12.2 Å². The molecule has 0 aliphatic carbocycles. The number of allylic oxidation sites excluding steroid dienone is 1. The van der Waals surface area contributed by atoms with E-state index in [1.807, 2.05) is 6.08 Å². The Labute approximate surface area is 331 Å². The number of carbonyl (C=O) groups excluding carboxylic acids is 1. The summed E-state index contributed by atoms with van der Waals surface area (Å²) in [6, 6.07) is -0.739. The Balaban J connectivity index is 3.54. The molecule has 0 heterocycles. The molecule has 0 bridgehead atoms. The van der Waals surface area contributed by atoms with Crippen LogP contribution >= 0.6 is 0 Å². The monoisotopic (exact) mass is 750 g/mol. The third-order valence-corrected chi connectivity index (χ3v) is 11.3. The van der Waals surface area contributed by atoms with Crippen molar-refractivity contribution >= 4 is 5.91 Å². The Morgan fingerprint density at radius 2 is 0.774 bits per heavy atom. The van der Waals surface area contributed by atoms with Gasteiger partial charge in [-0.1, -0.05) is 251 Å². The van der Waals surface area contributed by atoms with Gasteiger partial charge in [0, 0.05) is 0 Å². The Kier molecular flexibility index (Phi) is 43.1. The molecule has 0 fully saturated rings. The molecule has 0 aromatic carbocycles. The zero-order valence-electron chi connectivity index (χ0n) is 35.9. The molecule has 0 aromatic rings. The van der Waals surface area contributed by atoms with Crippen LogP contribution in [0.3, 0.4) is 0 Å². The summed E-state index contributed by atoms with van der Waals surface area (Å²) in [5.74, 6) is -0.311. The van der Waals surface area contributed by atoms with E-state index in [9.17, 15) is 20.1 Å². The van der Waals surface area contributed by atoms with E-state index in [4.69, 9.17) is 0 Å². The Morgan fingerprint density at radius 3 is 1.09 bits per heavy atom. The molecule has 0 saturated heterocycles. The van der Waals surface area contributed by atoms with Gasteiger partial charge in [-0.15, -0.1) is 0 Å². The van der Waals surface area contributed by atoms with E-state index in [0.29, 0.717) is 6.42 Å².